The Morgan fingerprint density at radius 2 is 1.87 bits per heavy atom. The lowest BCUT2D eigenvalue weighted by atomic mass is 9.95. The predicted octanol–water partition coefficient (Wildman–Crippen LogP) is 3.64. The molecule has 2 aromatic heterocycles. The highest BCUT2D eigenvalue weighted by atomic mass is 16.4. The van der Waals surface area contributed by atoms with Crippen molar-refractivity contribution in [2.45, 2.75) is 0 Å². The molecule has 5 heteroatoms. The Labute approximate surface area is 129 Å². The number of aromatic amines is 1. The summed E-state index contributed by atoms with van der Waals surface area (Å²) in [5.74, 6) is -1.02. The van der Waals surface area contributed by atoms with Gasteiger partial charge in [-0.15, -0.1) is 0 Å². The van der Waals surface area contributed by atoms with Crippen LogP contribution in [0.4, 0.5) is 0 Å². The van der Waals surface area contributed by atoms with Gasteiger partial charge < -0.3 is 14.5 Å². The topological polar surface area (TPSA) is 83.3 Å². The van der Waals surface area contributed by atoms with Crippen LogP contribution in [0.25, 0.3) is 32.7 Å². The van der Waals surface area contributed by atoms with Crippen LogP contribution in [0.15, 0.2) is 64.3 Å². The van der Waals surface area contributed by atoms with Crippen LogP contribution in [0.3, 0.4) is 0 Å². The van der Waals surface area contributed by atoms with Gasteiger partial charge in [-0.3, -0.25) is 4.79 Å². The lowest BCUT2D eigenvalue weighted by Gasteiger charge is -2.09. The molecule has 2 heterocycles. The molecule has 0 fully saturated rings. The maximum Gasteiger partial charge on any atom is 0.336 e. The number of furan rings is 1. The smallest absolute Gasteiger partial charge is 0.336 e. The molecule has 112 valence electrons. The molecule has 0 bridgehead atoms. The SMILES string of the molecule is O=C(O)c1cc2cc(=O)[nH]cc2c2cc(-c3ccoc3)ccc12. The minimum absolute atomic E-state index is 0.178. The summed E-state index contributed by atoms with van der Waals surface area (Å²) in [5.41, 5.74) is 1.74. The fourth-order valence-electron chi connectivity index (χ4n) is 2.86. The number of rotatable bonds is 2. The number of nitrogens with one attached hydrogen (secondary N) is 1. The van der Waals surface area contributed by atoms with Crippen LogP contribution in [0, 0.1) is 0 Å². The van der Waals surface area contributed by atoms with Gasteiger partial charge in [-0.2, -0.15) is 0 Å². The van der Waals surface area contributed by atoms with Gasteiger partial charge in [0.1, 0.15) is 0 Å². The first kappa shape index (κ1) is 13.3. The Balaban J connectivity index is 2.15. The molecule has 0 radical (unpaired) electrons. The number of aromatic carboxylic acids is 1. The summed E-state index contributed by atoms with van der Waals surface area (Å²) in [4.78, 5) is 25.7. The molecule has 0 atom stereocenters. The molecule has 5 nitrogen and oxygen atoms in total. The number of carbonyl (C=O) groups is 1. The molecule has 0 amide bonds. The zero-order valence-corrected chi connectivity index (χ0v) is 11.9. The quantitative estimate of drug-likeness (QED) is 0.554. The molecule has 0 saturated heterocycles. The average molecular weight is 305 g/mol. The molecule has 23 heavy (non-hydrogen) atoms. The average Bonchev–Trinajstić information content (AvgIpc) is 3.07. The summed E-state index contributed by atoms with van der Waals surface area (Å²) < 4.78 is 5.10. The van der Waals surface area contributed by atoms with E-state index in [9.17, 15) is 14.7 Å². The normalized spacial score (nSPS) is 11.1. The van der Waals surface area contributed by atoms with E-state index in [1.807, 2.05) is 18.2 Å². The predicted molar refractivity (Wildman–Crippen MR) is 86.7 cm³/mol. The minimum Gasteiger partial charge on any atom is -0.478 e. The molecule has 4 aromatic rings. The number of pyridine rings is 1. The first-order valence-corrected chi connectivity index (χ1v) is 6.98. The third kappa shape index (κ3) is 2.10. The van der Waals surface area contributed by atoms with Gasteiger partial charge in [-0.1, -0.05) is 12.1 Å². The third-order valence-corrected chi connectivity index (χ3v) is 3.94. The number of carboxylic acid groups (broad SMARTS) is 1. The largest absolute Gasteiger partial charge is 0.478 e. The van der Waals surface area contributed by atoms with Crippen molar-refractivity contribution in [1.82, 2.24) is 4.98 Å². The molecular formula is C18H11NO4. The molecule has 0 aliphatic carbocycles. The molecule has 0 aliphatic rings. The zero-order valence-electron chi connectivity index (χ0n) is 11.9. The zero-order chi connectivity index (χ0) is 16.0. The van der Waals surface area contributed by atoms with Crippen molar-refractivity contribution in [1.29, 1.82) is 0 Å². The van der Waals surface area contributed by atoms with Gasteiger partial charge in [0.2, 0.25) is 5.56 Å². The summed E-state index contributed by atoms with van der Waals surface area (Å²) in [6.07, 6.45) is 4.83. The number of aromatic nitrogens is 1. The van der Waals surface area contributed by atoms with E-state index in [4.69, 9.17) is 4.42 Å². The Hall–Kier alpha value is -3.34. The lowest BCUT2D eigenvalue weighted by Crippen LogP contribution is -2.04. The first-order valence-electron chi connectivity index (χ1n) is 6.98. The highest BCUT2D eigenvalue weighted by Gasteiger charge is 2.13. The fourth-order valence-corrected chi connectivity index (χ4v) is 2.86. The van der Waals surface area contributed by atoms with Crippen LogP contribution in [0.2, 0.25) is 0 Å². The summed E-state index contributed by atoms with van der Waals surface area (Å²) in [6, 6.07) is 10.3. The van der Waals surface area contributed by atoms with E-state index in [2.05, 4.69) is 4.98 Å². The number of benzene rings is 2. The van der Waals surface area contributed by atoms with Gasteiger partial charge in [0.25, 0.3) is 0 Å². The standard InChI is InChI=1S/C18H11NO4/c20-17-7-12-6-15(18(21)22)13-2-1-10(11-3-4-23-9-11)5-14(13)16(12)8-19-17/h1-9H,(H,19,20)(H,21,22). The van der Waals surface area contributed by atoms with Crippen LogP contribution in [-0.2, 0) is 0 Å². The highest BCUT2D eigenvalue weighted by molar-refractivity contribution is 6.16. The maximum atomic E-state index is 11.6. The number of hydrogen-bond acceptors (Lipinski definition) is 3. The van der Waals surface area contributed by atoms with Gasteiger partial charge >= 0.3 is 5.97 Å². The van der Waals surface area contributed by atoms with Gasteiger partial charge in [-0.05, 0) is 39.9 Å². The monoisotopic (exact) mass is 305 g/mol. The van der Waals surface area contributed by atoms with Crippen molar-refractivity contribution in [3.05, 3.63) is 71.0 Å². The summed E-state index contributed by atoms with van der Waals surface area (Å²) >= 11 is 0. The molecule has 0 unspecified atom stereocenters. The van der Waals surface area contributed by atoms with Crippen LogP contribution in [-0.4, -0.2) is 16.1 Å². The van der Waals surface area contributed by atoms with Gasteiger partial charge in [0.15, 0.2) is 0 Å². The number of H-pyrrole nitrogens is 1. The second kappa shape index (κ2) is 4.84. The van der Waals surface area contributed by atoms with Crippen molar-refractivity contribution in [3.63, 3.8) is 0 Å². The lowest BCUT2D eigenvalue weighted by molar-refractivity contribution is 0.0699. The fraction of sp³-hybridized carbons (Fsp3) is 0. The molecule has 0 saturated carbocycles. The van der Waals surface area contributed by atoms with Gasteiger partial charge in [0.05, 0.1) is 18.1 Å². The van der Waals surface area contributed by atoms with Crippen molar-refractivity contribution in [3.8, 4) is 11.1 Å². The summed E-state index contributed by atoms with van der Waals surface area (Å²) in [7, 11) is 0. The molecular weight excluding hydrogens is 294 g/mol. The van der Waals surface area contributed by atoms with Crippen LogP contribution < -0.4 is 5.56 Å². The van der Waals surface area contributed by atoms with E-state index in [0.29, 0.717) is 10.8 Å². The van der Waals surface area contributed by atoms with E-state index in [1.165, 1.54) is 12.1 Å². The molecule has 0 spiro atoms. The van der Waals surface area contributed by atoms with Gasteiger partial charge in [0, 0.05) is 23.2 Å². The van der Waals surface area contributed by atoms with Gasteiger partial charge in [-0.25, -0.2) is 4.79 Å². The summed E-state index contributed by atoms with van der Waals surface area (Å²) in [5, 5.41) is 12.3. The number of hydrogen-bond donors (Lipinski definition) is 2. The van der Waals surface area contributed by atoms with Crippen LogP contribution in [0.5, 0.6) is 0 Å². The van der Waals surface area contributed by atoms with Crippen LogP contribution >= 0.6 is 0 Å². The van der Waals surface area contributed by atoms with Crippen molar-refractivity contribution in [2.24, 2.45) is 0 Å². The Morgan fingerprint density at radius 1 is 1.00 bits per heavy atom. The highest BCUT2D eigenvalue weighted by Crippen LogP contribution is 2.32. The third-order valence-electron chi connectivity index (χ3n) is 3.94. The Kier molecular flexibility index (Phi) is 2.81. The second-order valence-electron chi connectivity index (χ2n) is 5.30. The molecule has 4 rings (SSSR count). The van der Waals surface area contributed by atoms with E-state index in [1.54, 1.807) is 24.8 Å². The van der Waals surface area contributed by atoms with E-state index in [0.717, 1.165) is 21.9 Å². The van der Waals surface area contributed by atoms with E-state index < -0.39 is 5.97 Å². The van der Waals surface area contributed by atoms with Crippen LogP contribution in [0.1, 0.15) is 10.4 Å². The Bertz CT molecular complexity index is 1110. The van der Waals surface area contributed by atoms with E-state index in [-0.39, 0.29) is 11.1 Å². The van der Waals surface area contributed by atoms with E-state index >= 15 is 0 Å². The maximum absolute atomic E-state index is 11.6. The molecule has 2 N–H and O–H groups in total. The molecule has 2 aromatic carbocycles. The second-order valence-corrected chi connectivity index (χ2v) is 5.30. The minimum atomic E-state index is -1.02. The Morgan fingerprint density at radius 3 is 2.61 bits per heavy atom. The van der Waals surface area contributed by atoms with Crippen molar-refractivity contribution in [2.75, 3.05) is 0 Å². The van der Waals surface area contributed by atoms with Crippen molar-refractivity contribution >= 4 is 27.5 Å². The first-order chi connectivity index (χ1) is 11.1. The van der Waals surface area contributed by atoms with Crippen molar-refractivity contribution < 1.29 is 14.3 Å². The number of carboxylic acids is 1. The molecule has 0 aliphatic heterocycles. The summed E-state index contributed by atoms with van der Waals surface area (Å²) in [6.45, 7) is 0. The number of fused-ring (bicyclic) bond motifs is 3.